The molecule has 0 spiro atoms. The van der Waals surface area contributed by atoms with Crippen molar-refractivity contribution in [3.8, 4) is 17.6 Å². The van der Waals surface area contributed by atoms with E-state index in [4.69, 9.17) is 27.9 Å². The maximum Gasteiger partial charge on any atom is 0.139 e. The van der Waals surface area contributed by atoms with Crippen molar-refractivity contribution in [1.29, 1.82) is 0 Å². The molecule has 0 unspecified atom stereocenters. The van der Waals surface area contributed by atoms with E-state index in [0.29, 0.717) is 15.8 Å². The Morgan fingerprint density at radius 1 is 1.26 bits per heavy atom. The van der Waals surface area contributed by atoms with Crippen molar-refractivity contribution < 1.29 is 4.74 Å². The Labute approximate surface area is 123 Å². The number of halogens is 2. The Hall–Kier alpha value is -0.920. The molecule has 1 N–H and O–H groups in total. The maximum absolute atomic E-state index is 6.14. The molecule has 0 saturated carbocycles. The first kappa shape index (κ1) is 14.5. The molecule has 1 aliphatic heterocycles. The van der Waals surface area contributed by atoms with Gasteiger partial charge in [0.2, 0.25) is 0 Å². The molecular weight excluding hydrogens is 283 g/mol. The number of methoxy groups -OCH3 is 1. The van der Waals surface area contributed by atoms with Gasteiger partial charge in [-0.2, -0.15) is 0 Å². The zero-order valence-corrected chi connectivity index (χ0v) is 12.3. The molecule has 5 heteroatoms. The molecule has 0 amide bonds. The van der Waals surface area contributed by atoms with Crippen LogP contribution in [0.2, 0.25) is 10.0 Å². The third kappa shape index (κ3) is 4.02. The number of benzene rings is 1. The molecule has 0 radical (unpaired) electrons. The minimum Gasteiger partial charge on any atom is -0.495 e. The second kappa shape index (κ2) is 7.02. The summed E-state index contributed by atoms with van der Waals surface area (Å²) in [6.45, 7) is 4.87. The molecule has 0 aliphatic carbocycles. The third-order valence-corrected chi connectivity index (χ3v) is 3.58. The Morgan fingerprint density at radius 2 is 2.00 bits per heavy atom. The van der Waals surface area contributed by atoms with E-state index in [0.717, 1.165) is 38.3 Å². The Balaban J connectivity index is 2.04. The van der Waals surface area contributed by atoms with Crippen molar-refractivity contribution in [1.82, 2.24) is 10.2 Å². The van der Waals surface area contributed by atoms with E-state index in [9.17, 15) is 0 Å². The minimum atomic E-state index is 0.526. The quantitative estimate of drug-likeness (QED) is 0.848. The van der Waals surface area contributed by atoms with Crippen molar-refractivity contribution in [3.63, 3.8) is 0 Å². The molecule has 1 aromatic rings. The molecule has 1 aromatic carbocycles. The Morgan fingerprint density at radius 3 is 2.68 bits per heavy atom. The van der Waals surface area contributed by atoms with E-state index in [1.54, 1.807) is 19.2 Å². The van der Waals surface area contributed by atoms with Crippen molar-refractivity contribution in [2.75, 3.05) is 39.8 Å². The van der Waals surface area contributed by atoms with Crippen molar-refractivity contribution >= 4 is 23.2 Å². The van der Waals surface area contributed by atoms with E-state index in [1.165, 1.54) is 0 Å². The standard InChI is InChI=1S/C14H16Cl2N2O/c1-19-14-10-12(15)11(9-13(14)16)3-2-6-18-7-4-17-5-8-18/h9-10,17H,4-8H2,1H3. The van der Waals surface area contributed by atoms with E-state index in [2.05, 4.69) is 22.1 Å². The normalized spacial score (nSPS) is 15.7. The molecule has 1 aliphatic rings. The van der Waals surface area contributed by atoms with Crippen LogP contribution in [0.25, 0.3) is 0 Å². The van der Waals surface area contributed by atoms with Gasteiger partial charge in [-0.15, -0.1) is 0 Å². The molecule has 1 heterocycles. The smallest absolute Gasteiger partial charge is 0.139 e. The first-order valence-corrected chi connectivity index (χ1v) is 6.91. The summed E-state index contributed by atoms with van der Waals surface area (Å²) in [5.74, 6) is 6.78. The summed E-state index contributed by atoms with van der Waals surface area (Å²) >= 11 is 12.2. The maximum atomic E-state index is 6.14. The highest BCUT2D eigenvalue weighted by molar-refractivity contribution is 6.35. The van der Waals surface area contributed by atoms with E-state index in [1.807, 2.05) is 0 Å². The van der Waals surface area contributed by atoms with Crippen LogP contribution in [0, 0.1) is 11.8 Å². The predicted octanol–water partition coefficient (Wildman–Crippen LogP) is 2.26. The topological polar surface area (TPSA) is 24.5 Å². The van der Waals surface area contributed by atoms with Crippen molar-refractivity contribution in [3.05, 3.63) is 27.7 Å². The van der Waals surface area contributed by atoms with Crippen LogP contribution in [0.15, 0.2) is 12.1 Å². The van der Waals surface area contributed by atoms with Gasteiger partial charge in [-0.05, 0) is 6.07 Å². The number of piperazine rings is 1. The fraction of sp³-hybridized carbons (Fsp3) is 0.429. The Kier molecular flexibility index (Phi) is 5.35. The molecular formula is C14H16Cl2N2O. The number of hydrogen-bond donors (Lipinski definition) is 1. The summed E-state index contributed by atoms with van der Waals surface area (Å²) in [6, 6.07) is 3.44. The lowest BCUT2D eigenvalue weighted by Gasteiger charge is -2.24. The third-order valence-electron chi connectivity index (χ3n) is 2.98. The van der Waals surface area contributed by atoms with Crippen LogP contribution < -0.4 is 10.1 Å². The highest BCUT2D eigenvalue weighted by atomic mass is 35.5. The van der Waals surface area contributed by atoms with Gasteiger partial charge >= 0.3 is 0 Å². The highest BCUT2D eigenvalue weighted by Crippen LogP contribution is 2.30. The largest absolute Gasteiger partial charge is 0.495 e. The number of hydrogen-bond acceptors (Lipinski definition) is 3. The summed E-state index contributed by atoms with van der Waals surface area (Å²) in [5.41, 5.74) is 0.739. The number of nitrogens with zero attached hydrogens (tertiary/aromatic N) is 1. The fourth-order valence-corrected chi connectivity index (χ4v) is 2.34. The van der Waals surface area contributed by atoms with Gasteiger partial charge in [-0.25, -0.2) is 0 Å². The molecule has 19 heavy (non-hydrogen) atoms. The number of nitrogens with one attached hydrogen (secondary N) is 1. The zero-order chi connectivity index (χ0) is 13.7. The molecule has 0 aromatic heterocycles. The first-order valence-electron chi connectivity index (χ1n) is 6.15. The molecule has 0 atom stereocenters. The van der Waals surface area contributed by atoms with E-state index >= 15 is 0 Å². The summed E-state index contributed by atoms with van der Waals surface area (Å²) in [5, 5.41) is 4.40. The number of ether oxygens (including phenoxy) is 1. The van der Waals surface area contributed by atoms with Crippen LogP contribution >= 0.6 is 23.2 Å². The second-order valence-corrected chi connectivity index (χ2v) is 5.11. The lowest BCUT2D eigenvalue weighted by molar-refractivity contribution is 0.268. The molecule has 1 saturated heterocycles. The lowest BCUT2D eigenvalue weighted by atomic mass is 10.2. The molecule has 102 valence electrons. The van der Waals surface area contributed by atoms with Crippen molar-refractivity contribution in [2.45, 2.75) is 0 Å². The summed E-state index contributed by atoms with van der Waals surface area (Å²) < 4.78 is 5.10. The minimum absolute atomic E-state index is 0.526. The average Bonchev–Trinajstić information content (AvgIpc) is 2.43. The van der Waals surface area contributed by atoms with E-state index < -0.39 is 0 Å². The summed E-state index contributed by atoms with van der Waals surface area (Å²) in [4.78, 5) is 2.31. The highest BCUT2D eigenvalue weighted by Gasteiger charge is 2.08. The van der Waals surface area contributed by atoms with Crippen LogP contribution in [0.4, 0.5) is 0 Å². The van der Waals surface area contributed by atoms with Gasteiger partial charge in [0.15, 0.2) is 0 Å². The van der Waals surface area contributed by atoms with Gasteiger partial charge in [0.25, 0.3) is 0 Å². The summed E-state index contributed by atoms with van der Waals surface area (Å²) in [6.07, 6.45) is 0. The van der Waals surface area contributed by atoms with Gasteiger partial charge in [0.05, 0.1) is 23.7 Å². The van der Waals surface area contributed by atoms with Gasteiger partial charge in [-0.1, -0.05) is 35.0 Å². The number of rotatable bonds is 2. The molecule has 1 fully saturated rings. The molecule has 0 bridgehead atoms. The Bertz CT molecular complexity index is 502. The monoisotopic (exact) mass is 298 g/mol. The van der Waals surface area contributed by atoms with Gasteiger partial charge < -0.3 is 10.1 Å². The van der Waals surface area contributed by atoms with Gasteiger partial charge in [-0.3, -0.25) is 4.90 Å². The van der Waals surface area contributed by atoms with Crippen molar-refractivity contribution in [2.24, 2.45) is 0 Å². The van der Waals surface area contributed by atoms with Crippen LogP contribution in [0.1, 0.15) is 5.56 Å². The molecule has 2 rings (SSSR count). The average molecular weight is 299 g/mol. The van der Waals surface area contributed by atoms with E-state index in [-0.39, 0.29) is 0 Å². The van der Waals surface area contributed by atoms with Gasteiger partial charge in [0, 0.05) is 37.8 Å². The van der Waals surface area contributed by atoms with Crippen LogP contribution in [-0.2, 0) is 0 Å². The van der Waals surface area contributed by atoms with Crippen LogP contribution in [0.3, 0.4) is 0 Å². The predicted molar refractivity (Wildman–Crippen MR) is 79.2 cm³/mol. The van der Waals surface area contributed by atoms with Crippen LogP contribution in [0.5, 0.6) is 5.75 Å². The SMILES string of the molecule is COc1cc(Cl)c(C#CCN2CCNCC2)cc1Cl. The van der Waals surface area contributed by atoms with Crippen LogP contribution in [-0.4, -0.2) is 44.7 Å². The molecule has 3 nitrogen and oxygen atoms in total. The fourth-order valence-electron chi connectivity index (χ4n) is 1.90. The first-order chi connectivity index (χ1) is 9.20. The second-order valence-electron chi connectivity index (χ2n) is 4.29. The lowest BCUT2D eigenvalue weighted by Crippen LogP contribution is -2.43. The van der Waals surface area contributed by atoms with Gasteiger partial charge in [0.1, 0.15) is 5.75 Å². The zero-order valence-electron chi connectivity index (χ0n) is 10.8. The summed E-state index contributed by atoms with van der Waals surface area (Å²) in [7, 11) is 1.56.